The summed E-state index contributed by atoms with van der Waals surface area (Å²) in [5.41, 5.74) is 3.79. The van der Waals surface area contributed by atoms with Crippen LogP contribution in [-0.2, 0) is 13.1 Å². The Morgan fingerprint density at radius 1 is 1.00 bits per heavy atom. The Labute approximate surface area is 140 Å². The van der Waals surface area contributed by atoms with Gasteiger partial charge in [-0.1, -0.05) is 30.3 Å². The van der Waals surface area contributed by atoms with Crippen LogP contribution in [0.5, 0.6) is 0 Å². The van der Waals surface area contributed by atoms with E-state index in [0.29, 0.717) is 23.4 Å². The Hall–Kier alpha value is -3.57. The summed E-state index contributed by atoms with van der Waals surface area (Å²) in [6.07, 6.45) is 5.47. The topological polar surface area (TPSA) is 77.4 Å². The fraction of sp³-hybridized carbons (Fsp3) is 0.105. The van der Waals surface area contributed by atoms with E-state index in [2.05, 4.69) is 34.6 Å². The molecule has 2 aromatic carbocycles. The van der Waals surface area contributed by atoms with Gasteiger partial charge in [-0.3, -0.25) is 0 Å². The van der Waals surface area contributed by atoms with E-state index in [1.54, 1.807) is 30.7 Å². The Morgan fingerprint density at radius 3 is 2.38 bits per heavy atom. The summed E-state index contributed by atoms with van der Waals surface area (Å²) in [7, 11) is 0. The van der Waals surface area contributed by atoms with Crippen molar-refractivity contribution in [1.29, 1.82) is 10.5 Å². The van der Waals surface area contributed by atoms with Crippen LogP contribution in [0.15, 0.2) is 61.2 Å². The van der Waals surface area contributed by atoms with Gasteiger partial charge in [0, 0.05) is 25.5 Å². The van der Waals surface area contributed by atoms with E-state index in [4.69, 9.17) is 0 Å². The third-order valence-corrected chi connectivity index (χ3v) is 3.69. The highest BCUT2D eigenvalue weighted by Crippen LogP contribution is 2.21. The SMILES string of the molecule is N#Cc1cccc(C#N)c1NCc1cccc(Cn2ccnc2)c1. The number of hydrogen-bond acceptors (Lipinski definition) is 4. The van der Waals surface area contributed by atoms with E-state index in [0.717, 1.165) is 12.1 Å². The average Bonchev–Trinajstić information content (AvgIpc) is 3.13. The van der Waals surface area contributed by atoms with Crippen molar-refractivity contribution >= 4 is 5.69 Å². The summed E-state index contributed by atoms with van der Waals surface area (Å²) >= 11 is 0. The summed E-state index contributed by atoms with van der Waals surface area (Å²) in [4.78, 5) is 4.04. The van der Waals surface area contributed by atoms with Crippen molar-refractivity contribution in [1.82, 2.24) is 9.55 Å². The summed E-state index contributed by atoms with van der Waals surface area (Å²) in [6.45, 7) is 1.30. The lowest BCUT2D eigenvalue weighted by Gasteiger charge is -2.11. The van der Waals surface area contributed by atoms with Crippen LogP contribution in [0.25, 0.3) is 0 Å². The van der Waals surface area contributed by atoms with Crippen LogP contribution in [0.2, 0.25) is 0 Å². The first-order chi connectivity index (χ1) is 11.8. The average molecular weight is 313 g/mol. The molecular formula is C19H15N5. The van der Waals surface area contributed by atoms with Gasteiger partial charge in [0.2, 0.25) is 0 Å². The lowest BCUT2D eigenvalue weighted by Crippen LogP contribution is -2.04. The first-order valence-corrected chi connectivity index (χ1v) is 7.51. The maximum Gasteiger partial charge on any atom is 0.101 e. The number of aromatic nitrogens is 2. The summed E-state index contributed by atoms with van der Waals surface area (Å²) in [6, 6.07) is 17.6. The van der Waals surface area contributed by atoms with Crippen molar-refractivity contribution in [2.24, 2.45) is 0 Å². The van der Waals surface area contributed by atoms with Gasteiger partial charge in [-0.25, -0.2) is 4.98 Å². The van der Waals surface area contributed by atoms with Crippen LogP contribution < -0.4 is 5.32 Å². The van der Waals surface area contributed by atoms with Crippen LogP contribution in [0, 0.1) is 22.7 Å². The minimum Gasteiger partial charge on any atom is -0.379 e. The Morgan fingerprint density at radius 2 is 1.71 bits per heavy atom. The minimum absolute atomic E-state index is 0.476. The Balaban J connectivity index is 1.76. The van der Waals surface area contributed by atoms with E-state index >= 15 is 0 Å². The molecule has 0 bridgehead atoms. The van der Waals surface area contributed by atoms with Gasteiger partial charge in [0.25, 0.3) is 0 Å². The molecule has 0 unspecified atom stereocenters. The van der Waals surface area contributed by atoms with Crippen molar-refractivity contribution in [3.05, 3.63) is 83.4 Å². The molecule has 3 rings (SSSR count). The lowest BCUT2D eigenvalue weighted by molar-refractivity contribution is 0.796. The van der Waals surface area contributed by atoms with Crippen molar-refractivity contribution in [2.75, 3.05) is 5.32 Å². The minimum atomic E-state index is 0.476. The molecule has 0 aliphatic rings. The summed E-state index contributed by atoms with van der Waals surface area (Å²) in [5.74, 6) is 0. The van der Waals surface area contributed by atoms with Gasteiger partial charge >= 0.3 is 0 Å². The van der Waals surface area contributed by atoms with Gasteiger partial charge in [-0.05, 0) is 23.3 Å². The van der Waals surface area contributed by atoms with Gasteiger partial charge in [0.15, 0.2) is 0 Å². The number of nitriles is 2. The number of anilines is 1. The molecule has 1 N–H and O–H groups in total. The smallest absolute Gasteiger partial charge is 0.101 e. The number of benzene rings is 2. The molecule has 1 aromatic heterocycles. The summed E-state index contributed by atoms with van der Waals surface area (Å²) < 4.78 is 2.01. The van der Waals surface area contributed by atoms with Crippen molar-refractivity contribution in [3.63, 3.8) is 0 Å². The van der Waals surface area contributed by atoms with Gasteiger partial charge in [0.1, 0.15) is 12.1 Å². The van der Waals surface area contributed by atoms with Crippen molar-refractivity contribution in [3.8, 4) is 12.1 Å². The number of hydrogen-bond donors (Lipinski definition) is 1. The largest absolute Gasteiger partial charge is 0.379 e. The highest BCUT2D eigenvalue weighted by atomic mass is 15.0. The second-order valence-corrected chi connectivity index (χ2v) is 5.36. The molecule has 0 atom stereocenters. The number of nitrogens with zero attached hydrogens (tertiary/aromatic N) is 4. The molecule has 24 heavy (non-hydrogen) atoms. The predicted molar refractivity (Wildman–Crippen MR) is 91.0 cm³/mol. The van der Waals surface area contributed by atoms with Crippen LogP contribution in [-0.4, -0.2) is 9.55 Å². The van der Waals surface area contributed by atoms with Gasteiger partial charge in [-0.2, -0.15) is 10.5 Å². The molecule has 116 valence electrons. The molecule has 0 aliphatic carbocycles. The van der Waals surface area contributed by atoms with Crippen molar-refractivity contribution < 1.29 is 0 Å². The van der Waals surface area contributed by atoms with Gasteiger partial charge < -0.3 is 9.88 Å². The molecule has 0 saturated heterocycles. The molecule has 0 saturated carbocycles. The van der Waals surface area contributed by atoms with E-state index in [1.807, 2.05) is 22.9 Å². The molecule has 0 fully saturated rings. The second kappa shape index (κ2) is 7.13. The standard InChI is InChI=1S/C19H15N5/c20-10-17-5-2-6-18(11-21)19(17)23-12-15-3-1-4-16(9-15)13-24-8-7-22-14-24/h1-9,14,23H,12-13H2. The highest BCUT2D eigenvalue weighted by molar-refractivity contribution is 5.66. The van der Waals surface area contributed by atoms with Gasteiger partial charge in [-0.15, -0.1) is 0 Å². The van der Waals surface area contributed by atoms with Crippen molar-refractivity contribution in [2.45, 2.75) is 13.1 Å². The second-order valence-electron chi connectivity index (χ2n) is 5.36. The number of nitrogens with one attached hydrogen (secondary N) is 1. The first-order valence-electron chi connectivity index (χ1n) is 7.51. The van der Waals surface area contributed by atoms with Crippen LogP contribution in [0.4, 0.5) is 5.69 Å². The van der Waals surface area contributed by atoms with Gasteiger partial charge in [0.05, 0.1) is 23.1 Å². The monoisotopic (exact) mass is 313 g/mol. The molecule has 0 aliphatic heterocycles. The molecule has 5 heteroatoms. The number of para-hydroxylation sites is 1. The molecular weight excluding hydrogens is 298 g/mol. The van der Waals surface area contributed by atoms with E-state index in [9.17, 15) is 10.5 Å². The fourth-order valence-corrected chi connectivity index (χ4v) is 2.55. The van der Waals surface area contributed by atoms with E-state index < -0.39 is 0 Å². The summed E-state index contributed by atoms with van der Waals surface area (Å²) in [5, 5.41) is 21.7. The maximum absolute atomic E-state index is 9.22. The predicted octanol–water partition coefficient (Wildman–Crippen LogP) is 3.29. The highest BCUT2D eigenvalue weighted by Gasteiger charge is 2.07. The third-order valence-electron chi connectivity index (χ3n) is 3.69. The molecule has 0 radical (unpaired) electrons. The molecule has 3 aromatic rings. The van der Waals surface area contributed by atoms with Crippen LogP contribution >= 0.6 is 0 Å². The zero-order chi connectivity index (χ0) is 16.8. The molecule has 0 amide bonds. The van der Waals surface area contributed by atoms with E-state index in [1.165, 1.54) is 5.56 Å². The number of imidazole rings is 1. The zero-order valence-corrected chi connectivity index (χ0v) is 13.0. The zero-order valence-electron chi connectivity index (χ0n) is 13.0. The Kier molecular flexibility index (Phi) is 4.55. The lowest BCUT2D eigenvalue weighted by atomic mass is 10.1. The third kappa shape index (κ3) is 3.43. The molecule has 1 heterocycles. The fourth-order valence-electron chi connectivity index (χ4n) is 2.55. The molecule has 5 nitrogen and oxygen atoms in total. The normalized spacial score (nSPS) is 9.92. The quantitative estimate of drug-likeness (QED) is 0.784. The van der Waals surface area contributed by atoms with Crippen LogP contribution in [0.3, 0.4) is 0 Å². The number of rotatable bonds is 5. The van der Waals surface area contributed by atoms with Crippen LogP contribution in [0.1, 0.15) is 22.3 Å². The first kappa shape index (κ1) is 15.3. The molecule has 0 spiro atoms. The maximum atomic E-state index is 9.22. The Bertz CT molecular complexity index is 881. The van der Waals surface area contributed by atoms with E-state index in [-0.39, 0.29) is 0 Å².